The largest absolute Gasteiger partial charge is 0.459 e. The summed E-state index contributed by atoms with van der Waals surface area (Å²) in [5, 5.41) is 0. The van der Waals surface area contributed by atoms with E-state index in [-0.39, 0.29) is 17.6 Å². The average Bonchev–Trinajstić information content (AvgIpc) is 2.44. The summed E-state index contributed by atoms with van der Waals surface area (Å²) in [5.74, 6) is -0.336. The van der Waals surface area contributed by atoms with E-state index >= 15 is 0 Å². The first-order valence-corrected chi connectivity index (χ1v) is 7.82. The Labute approximate surface area is 137 Å². The van der Waals surface area contributed by atoms with Crippen LogP contribution >= 0.6 is 15.9 Å². The minimum atomic E-state index is -0.336. The van der Waals surface area contributed by atoms with Crippen molar-refractivity contribution in [1.29, 1.82) is 0 Å². The molecule has 0 aliphatic rings. The Morgan fingerprint density at radius 1 is 1.27 bits per heavy atom. The van der Waals surface area contributed by atoms with Gasteiger partial charge in [0.15, 0.2) is 0 Å². The molecule has 1 heterocycles. The van der Waals surface area contributed by atoms with Gasteiger partial charge in [-0.05, 0) is 66.0 Å². The highest BCUT2D eigenvalue weighted by molar-refractivity contribution is 9.10. The van der Waals surface area contributed by atoms with Gasteiger partial charge in [-0.3, -0.25) is 4.79 Å². The summed E-state index contributed by atoms with van der Waals surface area (Å²) in [6.07, 6.45) is 1.67. The number of esters is 1. The zero-order chi connectivity index (χ0) is 16.3. The molecule has 0 bridgehead atoms. The summed E-state index contributed by atoms with van der Waals surface area (Å²) in [6, 6.07) is 8.90. The van der Waals surface area contributed by atoms with Crippen LogP contribution in [0.15, 0.2) is 45.8 Å². The first kappa shape index (κ1) is 16.5. The monoisotopic (exact) mass is 363 g/mol. The summed E-state index contributed by atoms with van der Waals surface area (Å²) in [4.78, 5) is 23.8. The van der Waals surface area contributed by atoms with Crippen LogP contribution in [-0.4, -0.2) is 16.6 Å². The zero-order valence-electron chi connectivity index (χ0n) is 12.8. The van der Waals surface area contributed by atoms with E-state index in [9.17, 15) is 9.59 Å². The first-order valence-electron chi connectivity index (χ1n) is 7.03. The average molecular weight is 364 g/mol. The van der Waals surface area contributed by atoms with Crippen LogP contribution in [0.1, 0.15) is 35.3 Å². The molecular formula is C17H18BrNO3. The normalized spacial score (nSPS) is 10.8. The lowest BCUT2D eigenvalue weighted by atomic mass is 10.1. The van der Waals surface area contributed by atoms with Gasteiger partial charge in [-0.2, -0.15) is 0 Å². The van der Waals surface area contributed by atoms with Crippen molar-refractivity contribution < 1.29 is 9.53 Å². The SMILES string of the molecule is Cc1cc(Br)c(=O)n(Cc2ccc(C(=O)OC(C)C)cc2)c1. The number of carbonyl (C=O) groups excluding carboxylic acids is 1. The van der Waals surface area contributed by atoms with Gasteiger partial charge >= 0.3 is 5.97 Å². The molecule has 0 aliphatic heterocycles. The third-order valence-corrected chi connectivity index (χ3v) is 3.63. The number of hydrogen-bond donors (Lipinski definition) is 0. The number of ether oxygens (including phenoxy) is 1. The van der Waals surface area contributed by atoms with Crippen molar-refractivity contribution in [2.24, 2.45) is 0 Å². The maximum Gasteiger partial charge on any atom is 0.338 e. The Balaban J connectivity index is 2.19. The molecule has 0 fully saturated rings. The van der Waals surface area contributed by atoms with Crippen molar-refractivity contribution in [3.8, 4) is 0 Å². The van der Waals surface area contributed by atoms with E-state index in [0.717, 1.165) is 11.1 Å². The van der Waals surface area contributed by atoms with Crippen LogP contribution in [0, 0.1) is 6.92 Å². The van der Waals surface area contributed by atoms with E-state index in [2.05, 4.69) is 15.9 Å². The van der Waals surface area contributed by atoms with Crippen LogP contribution in [0.5, 0.6) is 0 Å². The van der Waals surface area contributed by atoms with Gasteiger partial charge in [0.05, 0.1) is 22.7 Å². The van der Waals surface area contributed by atoms with Gasteiger partial charge in [0.25, 0.3) is 5.56 Å². The first-order chi connectivity index (χ1) is 10.4. The third kappa shape index (κ3) is 4.07. The molecule has 0 aliphatic carbocycles. The molecule has 2 aromatic rings. The van der Waals surface area contributed by atoms with Crippen molar-refractivity contribution >= 4 is 21.9 Å². The highest BCUT2D eigenvalue weighted by Crippen LogP contribution is 2.10. The maximum absolute atomic E-state index is 12.1. The summed E-state index contributed by atoms with van der Waals surface area (Å²) in [6.45, 7) is 6.02. The van der Waals surface area contributed by atoms with Gasteiger partial charge in [0.2, 0.25) is 0 Å². The summed E-state index contributed by atoms with van der Waals surface area (Å²) >= 11 is 3.27. The molecule has 22 heavy (non-hydrogen) atoms. The molecule has 0 spiro atoms. The highest BCUT2D eigenvalue weighted by Gasteiger charge is 2.09. The zero-order valence-corrected chi connectivity index (χ0v) is 14.4. The number of aryl methyl sites for hydroxylation is 1. The molecule has 0 atom stereocenters. The highest BCUT2D eigenvalue weighted by atomic mass is 79.9. The van der Waals surface area contributed by atoms with E-state index in [1.54, 1.807) is 22.8 Å². The van der Waals surface area contributed by atoms with Crippen LogP contribution in [0.2, 0.25) is 0 Å². The van der Waals surface area contributed by atoms with Crippen LogP contribution in [0.4, 0.5) is 0 Å². The second kappa shape index (κ2) is 6.92. The van der Waals surface area contributed by atoms with E-state index in [4.69, 9.17) is 4.74 Å². The quantitative estimate of drug-likeness (QED) is 0.780. The molecular weight excluding hydrogens is 346 g/mol. The van der Waals surface area contributed by atoms with Crippen molar-refractivity contribution in [1.82, 2.24) is 4.57 Å². The predicted octanol–water partition coefficient (Wildman–Crippen LogP) is 3.53. The molecule has 1 aromatic carbocycles. The topological polar surface area (TPSA) is 48.3 Å². The second-order valence-corrected chi connectivity index (χ2v) is 6.30. The number of carbonyl (C=O) groups is 1. The fourth-order valence-corrected chi connectivity index (χ4v) is 2.67. The van der Waals surface area contributed by atoms with Crippen LogP contribution in [-0.2, 0) is 11.3 Å². The molecule has 116 valence electrons. The minimum absolute atomic E-state index is 0.0751. The molecule has 2 rings (SSSR count). The number of nitrogens with zero attached hydrogens (tertiary/aromatic N) is 1. The number of benzene rings is 1. The molecule has 0 unspecified atom stereocenters. The van der Waals surface area contributed by atoms with E-state index in [1.165, 1.54) is 0 Å². The van der Waals surface area contributed by atoms with Crippen molar-refractivity contribution in [2.45, 2.75) is 33.4 Å². The van der Waals surface area contributed by atoms with Crippen molar-refractivity contribution in [2.75, 3.05) is 0 Å². The number of pyridine rings is 1. The summed E-state index contributed by atoms with van der Waals surface area (Å²) in [5.41, 5.74) is 2.38. The van der Waals surface area contributed by atoms with Gasteiger partial charge < -0.3 is 9.30 Å². The van der Waals surface area contributed by atoms with Crippen molar-refractivity contribution in [3.05, 3.63) is 68.0 Å². The maximum atomic E-state index is 12.1. The Morgan fingerprint density at radius 3 is 2.50 bits per heavy atom. The number of halogens is 1. The molecule has 0 amide bonds. The minimum Gasteiger partial charge on any atom is -0.459 e. The Morgan fingerprint density at radius 2 is 1.91 bits per heavy atom. The number of hydrogen-bond acceptors (Lipinski definition) is 3. The summed E-state index contributed by atoms with van der Waals surface area (Å²) in [7, 11) is 0. The lowest BCUT2D eigenvalue weighted by Crippen LogP contribution is -2.21. The molecule has 4 nitrogen and oxygen atoms in total. The van der Waals surface area contributed by atoms with Gasteiger partial charge in [-0.25, -0.2) is 4.79 Å². The fraction of sp³-hybridized carbons (Fsp3) is 0.294. The molecule has 0 radical (unpaired) electrons. The van der Waals surface area contributed by atoms with E-state index < -0.39 is 0 Å². The van der Waals surface area contributed by atoms with Crippen LogP contribution < -0.4 is 5.56 Å². The number of aromatic nitrogens is 1. The number of rotatable bonds is 4. The van der Waals surface area contributed by atoms with E-state index in [1.807, 2.05) is 39.1 Å². The molecule has 0 saturated carbocycles. The lowest BCUT2D eigenvalue weighted by Gasteiger charge is -2.10. The van der Waals surface area contributed by atoms with Crippen molar-refractivity contribution in [3.63, 3.8) is 0 Å². The van der Waals surface area contributed by atoms with Gasteiger partial charge in [0, 0.05) is 6.20 Å². The van der Waals surface area contributed by atoms with Gasteiger partial charge in [-0.1, -0.05) is 12.1 Å². The molecule has 5 heteroatoms. The third-order valence-electron chi connectivity index (χ3n) is 3.06. The van der Waals surface area contributed by atoms with Gasteiger partial charge in [0.1, 0.15) is 0 Å². The lowest BCUT2D eigenvalue weighted by molar-refractivity contribution is 0.0378. The smallest absolute Gasteiger partial charge is 0.338 e. The summed E-state index contributed by atoms with van der Waals surface area (Å²) < 4.78 is 7.33. The van der Waals surface area contributed by atoms with E-state index in [0.29, 0.717) is 16.6 Å². The Kier molecular flexibility index (Phi) is 5.19. The molecule has 1 aromatic heterocycles. The van der Waals surface area contributed by atoms with Crippen LogP contribution in [0.25, 0.3) is 0 Å². The van der Waals surface area contributed by atoms with Gasteiger partial charge in [-0.15, -0.1) is 0 Å². The Hall–Kier alpha value is -1.88. The Bertz CT molecular complexity index is 733. The predicted molar refractivity (Wildman–Crippen MR) is 89.2 cm³/mol. The fourth-order valence-electron chi connectivity index (χ4n) is 2.08. The standard InChI is InChI=1S/C17H18BrNO3/c1-11(2)22-17(21)14-6-4-13(5-7-14)10-19-9-12(3)8-15(18)16(19)20/h4-9,11H,10H2,1-3H3. The van der Waals surface area contributed by atoms with Crippen LogP contribution in [0.3, 0.4) is 0 Å². The molecule has 0 saturated heterocycles. The second-order valence-electron chi connectivity index (χ2n) is 5.45. The molecule has 0 N–H and O–H groups in total.